The Morgan fingerprint density at radius 1 is 1.14 bits per heavy atom. The average Bonchev–Trinajstić information content (AvgIpc) is 2.59. The first kappa shape index (κ1) is 16.7. The lowest BCUT2D eigenvalue weighted by atomic mass is 10.2. The number of aliphatic hydroxyl groups is 1. The largest absolute Gasteiger partial charge is 0.497 e. The third kappa shape index (κ3) is 4.44. The summed E-state index contributed by atoms with van der Waals surface area (Å²) in [6.45, 7) is 0. The van der Waals surface area contributed by atoms with E-state index in [9.17, 15) is 9.32 Å². The zero-order valence-electron chi connectivity index (χ0n) is 12.1. The minimum atomic E-state index is -1.48. The van der Waals surface area contributed by atoms with Crippen molar-refractivity contribution < 1.29 is 14.1 Å². The SMILES string of the molecule is COc1ccc(/C=C/C(O)C(Cl)S(=O)c2ccccc2)cc1. The van der Waals surface area contributed by atoms with E-state index < -0.39 is 21.6 Å². The van der Waals surface area contributed by atoms with Gasteiger partial charge >= 0.3 is 0 Å². The molecule has 1 N–H and O–H groups in total. The summed E-state index contributed by atoms with van der Waals surface area (Å²) in [5.41, 5.74) is 0.897. The Bertz CT molecular complexity index is 641. The normalized spacial score (nSPS) is 15.4. The molecule has 0 aromatic heterocycles. The summed E-state index contributed by atoms with van der Waals surface area (Å²) >= 11 is 6.11. The van der Waals surface area contributed by atoms with Gasteiger partial charge in [-0.05, 0) is 29.8 Å². The molecule has 0 heterocycles. The lowest BCUT2D eigenvalue weighted by Crippen LogP contribution is -2.23. The van der Waals surface area contributed by atoms with Crippen LogP contribution in [0.1, 0.15) is 5.56 Å². The molecule has 5 heteroatoms. The van der Waals surface area contributed by atoms with Crippen LogP contribution in [0.15, 0.2) is 65.6 Å². The molecule has 116 valence electrons. The minimum Gasteiger partial charge on any atom is -0.497 e. The molecule has 3 atom stereocenters. The number of halogens is 1. The number of benzene rings is 2. The Hall–Kier alpha value is -1.62. The fourth-order valence-electron chi connectivity index (χ4n) is 1.82. The van der Waals surface area contributed by atoms with Crippen LogP contribution in [-0.2, 0) is 10.8 Å². The molecule has 0 bridgehead atoms. The second-order valence-corrected chi connectivity index (χ2v) is 6.89. The van der Waals surface area contributed by atoms with Crippen molar-refractivity contribution in [2.24, 2.45) is 0 Å². The van der Waals surface area contributed by atoms with E-state index in [-0.39, 0.29) is 0 Å². The Balaban J connectivity index is 2.02. The standard InChI is InChI=1S/C17H17ClO3S/c1-21-14-10-7-13(8-11-14)9-12-16(19)17(18)22(20)15-5-3-2-4-6-15/h2-12,16-17,19H,1H3/b12-9+. The van der Waals surface area contributed by atoms with Gasteiger partial charge in [0.25, 0.3) is 0 Å². The molecule has 2 rings (SSSR count). The van der Waals surface area contributed by atoms with Gasteiger partial charge in [0.15, 0.2) is 0 Å². The lowest BCUT2D eigenvalue weighted by molar-refractivity contribution is 0.239. The molecule has 0 aliphatic rings. The summed E-state index contributed by atoms with van der Waals surface area (Å²) in [7, 11) is 0.126. The summed E-state index contributed by atoms with van der Waals surface area (Å²) in [5.74, 6) is 0.762. The van der Waals surface area contributed by atoms with Gasteiger partial charge in [-0.3, -0.25) is 4.21 Å². The summed E-state index contributed by atoms with van der Waals surface area (Å²) < 4.78 is 16.4. The van der Waals surface area contributed by atoms with Gasteiger partial charge in [-0.15, -0.1) is 11.6 Å². The average molecular weight is 337 g/mol. The summed E-state index contributed by atoms with van der Waals surface area (Å²) in [6, 6.07) is 16.2. The molecule has 0 radical (unpaired) electrons. The first-order chi connectivity index (χ1) is 10.6. The van der Waals surface area contributed by atoms with Crippen molar-refractivity contribution in [3.8, 4) is 5.75 Å². The summed E-state index contributed by atoms with van der Waals surface area (Å²) in [5, 5.41) is 10.1. The predicted octanol–water partition coefficient (Wildman–Crippen LogP) is 3.44. The fourth-order valence-corrected chi connectivity index (χ4v) is 3.25. The van der Waals surface area contributed by atoms with Gasteiger partial charge in [0, 0.05) is 4.90 Å². The zero-order chi connectivity index (χ0) is 15.9. The van der Waals surface area contributed by atoms with E-state index in [2.05, 4.69) is 0 Å². The number of hydrogen-bond donors (Lipinski definition) is 1. The molecule has 3 unspecified atom stereocenters. The van der Waals surface area contributed by atoms with Crippen LogP contribution in [0.3, 0.4) is 0 Å². The number of methoxy groups -OCH3 is 1. The highest BCUT2D eigenvalue weighted by Crippen LogP contribution is 2.19. The molecule has 0 fully saturated rings. The number of rotatable bonds is 6. The van der Waals surface area contributed by atoms with E-state index in [1.54, 1.807) is 43.5 Å². The highest BCUT2D eigenvalue weighted by molar-refractivity contribution is 7.87. The van der Waals surface area contributed by atoms with Crippen molar-refractivity contribution in [1.82, 2.24) is 0 Å². The molecule has 0 amide bonds. The van der Waals surface area contributed by atoms with E-state index >= 15 is 0 Å². The smallest absolute Gasteiger partial charge is 0.143 e. The zero-order valence-corrected chi connectivity index (χ0v) is 13.6. The molecule has 0 saturated heterocycles. The third-order valence-corrected chi connectivity index (χ3v) is 5.22. The molecule has 3 nitrogen and oxygen atoms in total. The molecule has 0 spiro atoms. The van der Waals surface area contributed by atoms with E-state index in [0.717, 1.165) is 11.3 Å². The number of ether oxygens (including phenoxy) is 1. The van der Waals surface area contributed by atoms with Crippen molar-refractivity contribution >= 4 is 28.5 Å². The second kappa shape index (κ2) is 8.13. The van der Waals surface area contributed by atoms with Gasteiger partial charge < -0.3 is 9.84 Å². The highest BCUT2D eigenvalue weighted by atomic mass is 35.5. The first-order valence-corrected chi connectivity index (χ1v) is 8.37. The molecule has 0 aliphatic carbocycles. The molecule has 22 heavy (non-hydrogen) atoms. The molecular formula is C17H17ClO3S. The van der Waals surface area contributed by atoms with Crippen LogP contribution in [0.4, 0.5) is 0 Å². The predicted molar refractivity (Wildman–Crippen MR) is 90.5 cm³/mol. The van der Waals surface area contributed by atoms with E-state index in [1.807, 2.05) is 30.3 Å². The molecule has 2 aromatic rings. The van der Waals surface area contributed by atoms with Crippen molar-refractivity contribution in [3.05, 3.63) is 66.2 Å². The minimum absolute atomic E-state index is 0.597. The molecule has 2 aromatic carbocycles. The van der Waals surface area contributed by atoms with Crippen molar-refractivity contribution in [2.45, 2.75) is 15.7 Å². The van der Waals surface area contributed by atoms with Crippen molar-refractivity contribution in [3.63, 3.8) is 0 Å². The topological polar surface area (TPSA) is 46.5 Å². The number of aliphatic hydroxyl groups excluding tert-OH is 1. The van der Waals surface area contributed by atoms with Gasteiger partial charge in [0.05, 0.1) is 17.9 Å². The van der Waals surface area contributed by atoms with Gasteiger partial charge in [-0.25, -0.2) is 0 Å². The molecular weight excluding hydrogens is 320 g/mol. The van der Waals surface area contributed by atoms with Crippen LogP contribution in [0.2, 0.25) is 0 Å². The first-order valence-electron chi connectivity index (χ1n) is 6.72. The number of hydrogen-bond acceptors (Lipinski definition) is 3. The number of alkyl halides is 1. The Morgan fingerprint density at radius 2 is 1.77 bits per heavy atom. The van der Waals surface area contributed by atoms with E-state index in [1.165, 1.54) is 0 Å². The Morgan fingerprint density at radius 3 is 2.36 bits per heavy atom. The maximum atomic E-state index is 12.2. The van der Waals surface area contributed by atoms with Gasteiger partial charge in [-0.1, -0.05) is 42.5 Å². The quantitative estimate of drug-likeness (QED) is 0.822. The third-order valence-electron chi connectivity index (χ3n) is 3.05. The monoisotopic (exact) mass is 336 g/mol. The summed E-state index contributed by atoms with van der Waals surface area (Å²) in [6.07, 6.45) is 2.27. The Labute approximate surface area is 137 Å². The van der Waals surface area contributed by atoms with Crippen LogP contribution in [0.25, 0.3) is 6.08 Å². The lowest BCUT2D eigenvalue weighted by Gasteiger charge is -2.13. The molecule has 0 aliphatic heterocycles. The van der Waals surface area contributed by atoms with Crippen molar-refractivity contribution in [2.75, 3.05) is 7.11 Å². The maximum absolute atomic E-state index is 12.2. The van der Waals surface area contributed by atoms with Gasteiger partial charge in [0.1, 0.15) is 16.6 Å². The maximum Gasteiger partial charge on any atom is 0.143 e. The van der Waals surface area contributed by atoms with Crippen LogP contribution < -0.4 is 4.74 Å². The fraction of sp³-hybridized carbons (Fsp3) is 0.176. The van der Waals surface area contributed by atoms with Crippen LogP contribution in [0.5, 0.6) is 5.75 Å². The van der Waals surface area contributed by atoms with E-state index in [4.69, 9.17) is 16.3 Å². The van der Waals surface area contributed by atoms with Gasteiger partial charge in [-0.2, -0.15) is 0 Å². The van der Waals surface area contributed by atoms with E-state index in [0.29, 0.717) is 4.90 Å². The van der Waals surface area contributed by atoms with Crippen LogP contribution in [0, 0.1) is 0 Å². The van der Waals surface area contributed by atoms with Crippen molar-refractivity contribution in [1.29, 1.82) is 0 Å². The van der Waals surface area contributed by atoms with Crippen LogP contribution in [-0.4, -0.2) is 27.2 Å². The highest BCUT2D eigenvalue weighted by Gasteiger charge is 2.22. The Kier molecular flexibility index (Phi) is 6.19. The molecule has 0 saturated carbocycles. The summed E-state index contributed by atoms with van der Waals surface area (Å²) in [4.78, 5) is 0.597. The second-order valence-electron chi connectivity index (χ2n) is 4.58. The van der Waals surface area contributed by atoms with Gasteiger partial charge in [0.2, 0.25) is 0 Å². The van der Waals surface area contributed by atoms with Crippen LogP contribution >= 0.6 is 11.6 Å².